The molecule has 27 heavy (non-hydrogen) atoms. The molecule has 1 aromatic carbocycles. The molecule has 0 amide bonds. The van der Waals surface area contributed by atoms with Crippen molar-refractivity contribution < 1.29 is 13.5 Å². The lowest BCUT2D eigenvalue weighted by atomic mass is 10.1. The molecule has 7 heteroatoms. The molecule has 0 unspecified atom stereocenters. The topological polar surface area (TPSA) is 96.0 Å². The van der Waals surface area contributed by atoms with Crippen molar-refractivity contribution in [2.45, 2.75) is 31.3 Å². The molecule has 0 aliphatic carbocycles. The highest BCUT2D eigenvalue weighted by Crippen LogP contribution is 2.25. The maximum absolute atomic E-state index is 13.2. The molecular formula is C20H17N3O3S. The van der Waals surface area contributed by atoms with Gasteiger partial charge in [0.1, 0.15) is 17.4 Å². The maximum Gasteiger partial charge on any atom is 0.270 e. The number of nitrogens with zero attached hydrogens (tertiary/aromatic N) is 3. The zero-order valence-corrected chi connectivity index (χ0v) is 15.9. The number of aromatic nitrogens is 2. The summed E-state index contributed by atoms with van der Waals surface area (Å²) in [5, 5.41) is 19.4. The zero-order chi connectivity index (χ0) is 19.8. The van der Waals surface area contributed by atoms with Crippen molar-refractivity contribution in [2.24, 2.45) is 0 Å². The van der Waals surface area contributed by atoms with Crippen LogP contribution in [0.2, 0.25) is 0 Å². The fourth-order valence-electron chi connectivity index (χ4n) is 2.49. The van der Waals surface area contributed by atoms with Crippen molar-refractivity contribution in [3.8, 4) is 17.9 Å². The Bertz CT molecular complexity index is 1230. The van der Waals surface area contributed by atoms with E-state index in [1.54, 1.807) is 24.3 Å². The van der Waals surface area contributed by atoms with Gasteiger partial charge in [0.25, 0.3) is 10.0 Å². The fourth-order valence-corrected chi connectivity index (χ4v) is 3.92. The first kappa shape index (κ1) is 18.7. The van der Waals surface area contributed by atoms with Crippen molar-refractivity contribution in [1.29, 1.82) is 5.26 Å². The van der Waals surface area contributed by atoms with Crippen molar-refractivity contribution in [2.75, 3.05) is 0 Å². The molecule has 1 N–H and O–H groups in total. The van der Waals surface area contributed by atoms with E-state index in [1.165, 1.54) is 32.2 Å². The summed E-state index contributed by atoms with van der Waals surface area (Å²) < 4.78 is 27.5. The molecule has 2 aromatic heterocycles. The second kappa shape index (κ2) is 6.55. The Morgan fingerprint density at radius 3 is 2.44 bits per heavy atom. The highest BCUT2D eigenvalue weighted by Gasteiger charge is 2.24. The van der Waals surface area contributed by atoms with Gasteiger partial charge in [-0.2, -0.15) is 5.26 Å². The third-order valence-electron chi connectivity index (χ3n) is 3.78. The van der Waals surface area contributed by atoms with Gasteiger partial charge in [-0.15, -0.1) is 0 Å². The molecule has 0 aliphatic rings. The molecule has 6 nitrogen and oxygen atoms in total. The smallest absolute Gasteiger partial charge is 0.270 e. The molecule has 3 rings (SSSR count). The number of pyridine rings is 1. The van der Waals surface area contributed by atoms with Crippen molar-refractivity contribution in [3.63, 3.8) is 0 Å². The number of benzene rings is 1. The Morgan fingerprint density at radius 2 is 1.85 bits per heavy atom. The standard InChI is InChI=1S/C20H17N3O3S/c1-14-4-6-18(7-5-14)27(25,26)23-17(8-9-20(2,3)24)11-16-10-15(12-21)13-22-19(16)23/h4-7,10-11,13,24H,1-3H3. The SMILES string of the molecule is Cc1ccc(S(=O)(=O)n2c(C#CC(C)(C)O)cc3cc(C#N)cnc32)cc1. The van der Waals surface area contributed by atoms with E-state index in [0.717, 1.165) is 9.54 Å². The molecule has 0 aliphatic heterocycles. The van der Waals surface area contributed by atoms with E-state index in [0.29, 0.717) is 10.9 Å². The van der Waals surface area contributed by atoms with E-state index in [9.17, 15) is 13.5 Å². The van der Waals surface area contributed by atoms with Crippen LogP contribution in [0, 0.1) is 30.1 Å². The van der Waals surface area contributed by atoms with Gasteiger partial charge >= 0.3 is 0 Å². The first-order chi connectivity index (χ1) is 12.6. The minimum absolute atomic E-state index is 0.100. The fraction of sp³-hybridized carbons (Fsp3) is 0.200. The van der Waals surface area contributed by atoms with Gasteiger partial charge in [0, 0.05) is 11.6 Å². The van der Waals surface area contributed by atoms with Gasteiger partial charge in [0.05, 0.1) is 10.5 Å². The number of fused-ring (bicyclic) bond motifs is 1. The van der Waals surface area contributed by atoms with Crippen LogP contribution in [0.4, 0.5) is 0 Å². The van der Waals surface area contributed by atoms with Gasteiger partial charge in [-0.05, 0) is 51.0 Å². The molecule has 0 radical (unpaired) electrons. The quantitative estimate of drug-likeness (QED) is 0.691. The second-order valence-electron chi connectivity index (χ2n) is 6.67. The predicted octanol–water partition coefficient (Wildman–Crippen LogP) is 2.58. The first-order valence-corrected chi connectivity index (χ1v) is 9.55. The van der Waals surface area contributed by atoms with E-state index in [4.69, 9.17) is 5.26 Å². The Morgan fingerprint density at radius 1 is 1.19 bits per heavy atom. The molecule has 2 heterocycles. The number of nitriles is 1. The molecule has 0 saturated heterocycles. The van der Waals surface area contributed by atoms with E-state index in [-0.39, 0.29) is 16.2 Å². The average Bonchev–Trinajstić information content (AvgIpc) is 2.98. The highest BCUT2D eigenvalue weighted by molar-refractivity contribution is 7.90. The molecule has 0 saturated carbocycles. The Hall–Kier alpha value is -3.13. The highest BCUT2D eigenvalue weighted by atomic mass is 32.2. The van der Waals surface area contributed by atoms with Gasteiger partial charge in [-0.1, -0.05) is 23.6 Å². The lowest BCUT2D eigenvalue weighted by molar-refractivity contribution is 0.143. The van der Waals surface area contributed by atoms with Crippen LogP contribution in [0.1, 0.15) is 30.7 Å². The number of aliphatic hydroxyl groups is 1. The number of aryl methyl sites for hydroxylation is 1. The van der Waals surface area contributed by atoms with Gasteiger partial charge in [0.2, 0.25) is 0 Å². The lowest BCUT2D eigenvalue weighted by Gasteiger charge is -2.10. The van der Waals surface area contributed by atoms with E-state index < -0.39 is 15.6 Å². The van der Waals surface area contributed by atoms with Crippen LogP contribution in [0.15, 0.2) is 47.5 Å². The van der Waals surface area contributed by atoms with Crippen molar-refractivity contribution in [3.05, 3.63) is 59.4 Å². The molecule has 0 atom stereocenters. The zero-order valence-electron chi connectivity index (χ0n) is 15.1. The van der Waals surface area contributed by atoms with Gasteiger partial charge in [0.15, 0.2) is 5.65 Å². The van der Waals surface area contributed by atoms with Crippen molar-refractivity contribution in [1.82, 2.24) is 8.96 Å². The van der Waals surface area contributed by atoms with E-state index in [1.807, 2.05) is 13.0 Å². The number of rotatable bonds is 2. The van der Waals surface area contributed by atoms with Crippen LogP contribution < -0.4 is 0 Å². The summed E-state index contributed by atoms with van der Waals surface area (Å²) in [5.74, 6) is 5.36. The molecule has 136 valence electrons. The summed E-state index contributed by atoms with van der Waals surface area (Å²) in [6.07, 6.45) is 1.32. The molecule has 0 fully saturated rings. The van der Waals surface area contributed by atoms with Gasteiger partial charge < -0.3 is 5.11 Å². The Labute approximate surface area is 157 Å². The van der Waals surface area contributed by atoms with Crippen LogP contribution in [-0.2, 0) is 10.0 Å². The molecule has 0 spiro atoms. The summed E-state index contributed by atoms with van der Waals surface area (Å²) in [7, 11) is -3.97. The molecular weight excluding hydrogens is 362 g/mol. The van der Waals surface area contributed by atoms with Crippen LogP contribution in [0.3, 0.4) is 0 Å². The van der Waals surface area contributed by atoms with Crippen LogP contribution >= 0.6 is 0 Å². The third kappa shape index (κ3) is 3.70. The summed E-state index contributed by atoms with van der Waals surface area (Å²) >= 11 is 0. The third-order valence-corrected chi connectivity index (χ3v) is 5.50. The van der Waals surface area contributed by atoms with Crippen LogP contribution in [-0.4, -0.2) is 28.1 Å². The summed E-state index contributed by atoms with van der Waals surface area (Å²) in [6.45, 7) is 4.88. The largest absolute Gasteiger partial charge is 0.378 e. The van der Waals surface area contributed by atoms with Crippen molar-refractivity contribution >= 4 is 21.1 Å². The summed E-state index contributed by atoms with van der Waals surface area (Å²) in [4.78, 5) is 4.26. The molecule has 0 bridgehead atoms. The van der Waals surface area contributed by atoms with Gasteiger partial charge in [-0.3, -0.25) is 0 Å². The first-order valence-electron chi connectivity index (χ1n) is 8.11. The second-order valence-corrected chi connectivity index (χ2v) is 8.46. The minimum Gasteiger partial charge on any atom is -0.378 e. The molecule has 3 aromatic rings. The average molecular weight is 379 g/mol. The summed E-state index contributed by atoms with van der Waals surface area (Å²) in [5.41, 5.74) is 0.296. The maximum atomic E-state index is 13.2. The Balaban J connectivity index is 2.33. The number of hydrogen-bond donors (Lipinski definition) is 1. The lowest BCUT2D eigenvalue weighted by Crippen LogP contribution is -2.17. The minimum atomic E-state index is -3.97. The monoisotopic (exact) mass is 379 g/mol. The van der Waals surface area contributed by atoms with E-state index in [2.05, 4.69) is 16.8 Å². The summed E-state index contributed by atoms with van der Waals surface area (Å²) in [6, 6.07) is 11.6. The van der Waals surface area contributed by atoms with E-state index >= 15 is 0 Å². The van der Waals surface area contributed by atoms with Crippen LogP contribution in [0.25, 0.3) is 11.0 Å². The van der Waals surface area contributed by atoms with Crippen LogP contribution in [0.5, 0.6) is 0 Å². The Kier molecular flexibility index (Phi) is 4.52. The van der Waals surface area contributed by atoms with Gasteiger partial charge in [-0.25, -0.2) is 17.4 Å². The normalized spacial score (nSPS) is 11.7. The predicted molar refractivity (Wildman–Crippen MR) is 101 cm³/mol. The number of hydrogen-bond acceptors (Lipinski definition) is 5.